The molecule has 0 saturated heterocycles. The number of rotatable bonds is 5. The zero-order chi connectivity index (χ0) is 20.5. The maximum Gasteiger partial charge on any atom is 0.339 e. The number of carbonyl (C=O) groups excluding carboxylic acids is 2. The first-order valence-electron chi connectivity index (χ1n) is 8.55. The number of anilines is 1. The maximum absolute atomic E-state index is 13.7. The summed E-state index contributed by atoms with van der Waals surface area (Å²) in [7, 11) is 0. The summed E-state index contributed by atoms with van der Waals surface area (Å²) in [4.78, 5) is 28.1. The monoisotopic (exact) mass is 377 g/mol. The first kappa shape index (κ1) is 19.0. The van der Waals surface area contributed by atoms with Crippen LogP contribution in [0.1, 0.15) is 12.5 Å². The van der Waals surface area contributed by atoms with E-state index in [9.17, 15) is 14.9 Å². The summed E-state index contributed by atoms with van der Waals surface area (Å²) < 4.78 is 10.7. The molecule has 7 heteroatoms. The van der Waals surface area contributed by atoms with Gasteiger partial charge in [0.25, 0.3) is 0 Å². The summed E-state index contributed by atoms with van der Waals surface area (Å²) in [5.41, 5.74) is 5.06. The third kappa shape index (κ3) is 2.42. The van der Waals surface area contributed by atoms with Gasteiger partial charge < -0.3 is 20.1 Å². The topological polar surface area (TPSA) is 106 Å². The van der Waals surface area contributed by atoms with Crippen LogP contribution in [0.15, 0.2) is 72.4 Å². The van der Waals surface area contributed by atoms with Crippen LogP contribution in [0.3, 0.4) is 0 Å². The van der Waals surface area contributed by atoms with Crippen molar-refractivity contribution in [3.63, 3.8) is 0 Å². The smallest absolute Gasteiger partial charge is 0.339 e. The van der Waals surface area contributed by atoms with Crippen molar-refractivity contribution in [1.29, 1.82) is 5.26 Å². The molecular weight excluding hydrogens is 358 g/mol. The fraction of sp³-hybridized carbons (Fsp3) is 0.190. The van der Waals surface area contributed by atoms with Gasteiger partial charge in [-0.15, -0.1) is 6.58 Å². The zero-order valence-electron chi connectivity index (χ0n) is 15.4. The van der Waals surface area contributed by atoms with E-state index < -0.39 is 17.3 Å². The molecule has 0 aliphatic carbocycles. The first-order chi connectivity index (χ1) is 13.4. The second kappa shape index (κ2) is 7.08. The molecule has 0 saturated carbocycles. The van der Waals surface area contributed by atoms with Crippen LogP contribution in [-0.4, -0.2) is 25.0 Å². The molecule has 7 nitrogen and oxygen atoms in total. The lowest BCUT2D eigenvalue weighted by molar-refractivity contribution is -0.140. The standard InChI is InChI=1S/C21H19N3O4/c1-4-10-24-16-9-7-6-8-14(16)21(20(24)26)15(12-22)18(23)28-13(3)17(21)19(25)27-11-5-2/h4-9H,1-2,10-11,23H2,3H3. The predicted molar refractivity (Wildman–Crippen MR) is 102 cm³/mol. The Morgan fingerprint density at radius 2 is 2.11 bits per heavy atom. The van der Waals surface area contributed by atoms with Crippen LogP contribution in [0.5, 0.6) is 0 Å². The van der Waals surface area contributed by atoms with Crippen molar-refractivity contribution >= 4 is 17.6 Å². The first-order valence-corrected chi connectivity index (χ1v) is 8.55. The average Bonchev–Trinajstić information content (AvgIpc) is 2.90. The lowest BCUT2D eigenvalue weighted by atomic mass is 9.68. The quantitative estimate of drug-likeness (QED) is 0.623. The average molecular weight is 377 g/mol. The van der Waals surface area contributed by atoms with Crippen molar-refractivity contribution in [3.05, 3.63) is 77.9 Å². The largest absolute Gasteiger partial charge is 0.458 e. The van der Waals surface area contributed by atoms with Crippen molar-refractivity contribution in [1.82, 2.24) is 0 Å². The van der Waals surface area contributed by atoms with Crippen LogP contribution < -0.4 is 10.6 Å². The minimum atomic E-state index is -1.74. The Hall–Kier alpha value is -3.79. The second-order valence-corrected chi connectivity index (χ2v) is 6.24. The number of benzene rings is 1. The number of fused-ring (bicyclic) bond motifs is 2. The molecule has 2 heterocycles. The highest BCUT2D eigenvalue weighted by molar-refractivity contribution is 6.18. The van der Waals surface area contributed by atoms with E-state index in [1.54, 1.807) is 30.3 Å². The molecule has 0 aromatic heterocycles. The number of carbonyl (C=O) groups is 2. The number of amides is 1. The molecule has 2 N–H and O–H groups in total. The van der Waals surface area contributed by atoms with Gasteiger partial charge in [-0.25, -0.2) is 4.79 Å². The molecule has 1 aromatic rings. The Labute approximate surface area is 162 Å². The van der Waals surface area contributed by atoms with Gasteiger partial charge in [0, 0.05) is 17.8 Å². The Bertz CT molecular complexity index is 999. The Morgan fingerprint density at radius 1 is 1.39 bits per heavy atom. The van der Waals surface area contributed by atoms with Crippen LogP contribution >= 0.6 is 0 Å². The summed E-state index contributed by atoms with van der Waals surface area (Å²) in [6, 6.07) is 8.91. The maximum atomic E-state index is 13.7. The molecule has 0 fully saturated rings. The fourth-order valence-electron chi connectivity index (χ4n) is 3.73. The summed E-state index contributed by atoms with van der Waals surface area (Å²) >= 11 is 0. The van der Waals surface area contributed by atoms with Gasteiger partial charge in [-0.05, 0) is 13.0 Å². The highest BCUT2D eigenvalue weighted by Crippen LogP contribution is 2.53. The van der Waals surface area contributed by atoms with E-state index in [0.717, 1.165) is 0 Å². The molecule has 2 aliphatic heterocycles. The Morgan fingerprint density at radius 3 is 2.75 bits per heavy atom. The molecule has 3 rings (SSSR count). The van der Waals surface area contributed by atoms with Crippen LogP contribution in [0.4, 0.5) is 5.69 Å². The van der Waals surface area contributed by atoms with Gasteiger partial charge in [-0.3, -0.25) is 4.79 Å². The van der Waals surface area contributed by atoms with E-state index in [4.69, 9.17) is 15.2 Å². The SMILES string of the molecule is C=CCOC(=O)C1=C(C)OC(N)=C(C#N)C12C(=O)N(CC=C)c1ccccc12. The van der Waals surface area contributed by atoms with Crippen molar-refractivity contribution < 1.29 is 19.1 Å². The van der Waals surface area contributed by atoms with Gasteiger partial charge in [0.05, 0.1) is 0 Å². The van der Waals surface area contributed by atoms with Gasteiger partial charge in [0.15, 0.2) is 5.41 Å². The number of hydrogen-bond acceptors (Lipinski definition) is 6. The second-order valence-electron chi connectivity index (χ2n) is 6.24. The fourth-order valence-corrected chi connectivity index (χ4v) is 3.73. The van der Waals surface area contributed by atoms with Gasteiger partial charge in [0.2, 0.25) is 11.8 Å². The molecular formula is C21H19N3O4. The molecule has 1 aromatic carbocycles. The normalized spacial score (nSPS) is 20.6. The van der Waals surface area contributed by atoms with E-state index in [2.05, 4.69) is 13.2 Å². The number of nitrogens with two attached hydrogens (primary N) is 1. The van der Waals surface area contributed by atoms with E-state index in [0.29, 0.717) is 11.3 Å². The van der Waals surface area contributed by atoms with Crippen molar-refractivity contribution in [2.45, 2.75) is 12.3 Å². The molecule has 0 bridgehead atoms. The summed E-state index contributed by atoms with van der Waals surface area (Å²) in [5.74, 6) is -1.37. The van der Waals surface area contributed by atoms with Crippen molar-refractivity contribution in [3.8, 4) is 6.07 Å². The third-order valence-electron chi connectivity index (χ3n) is 4.74. The van der Waals surface area contributed by atoms with Crippen LogP contribution in [-0.2, 0) is 24.5 Å². The molecule has 142 valence electrons. The van der Waals surface area contributed by atoms with Gasteiger partial charge in [-0.1, -0.05) is 36.9 Å². The highest BCUT2D eigenvalue weighted by atomic mass is 16.5. The van der Waals surface area contributed by atoms with E-state index in [1.807, 2.05) is 6.07 Å². The van der Waals surface area contributed by atoms with Crippen LogP contribution in [0.25, 0.3) is 0 Å². The minimum absolute atomic E-state index is 0.0566. The predicted octanol–water partition coefficient (Wildman–Crippen LogP) is 2.18. The molecule has 1 unspecified atom stereocenters. The summed E-state index contributed by atoms with van der Waals surface area (Å²) in [6.07, 6.45) is 2.98. The number of allylic oxidation sites excluding steroid dienone is 1. The van der Waals surface area contributed by atoms with Crippen molar-refractivity contribution in [2.75, 3.05) is 18.1 Å². The highest BCUT2D eigenvalue weighted by Gasteiger charge is 2.61. The third-order valence-corrected chi connectivity index (χ3v) is 4.74. The van der Waals surface area contributed by atoms with E-state index >= 15 is 0 Å². The molecule has 28 heavy (non-hydrogen) atoms. The van der Waals surface area contributed by atoms with E-state index in [1.165, 1.54) is 17.9 Å². The van der Waals surface area contributed by atoms with Gasteiger partial charge in [0.1, 0.15) is 29.6 Å². The Kier molecular flexibility index (Phi) is 4.80. The number of para-hydroxylation sites is 1. The molecule has 0 radical (unpaired) electrons. The van der Waals surface area contributed by atoms with Crippen LogP contribution in [0, 0.1) is 11.3 Å². The summed E-state index contributed by atoms with van der Waals surface area (Å²) in [6.45, 7) is 8.87. The van der Waals surface area contributed by atoms with Gasteiger partial charge >= 0.3 is 5.97 Å². The molecule has 1 atom stereocenters. The molecule has 1 amide bonds. The zero-order valence-corrected chi connectivity index (χ0v) is 15.4. The Balaban J connectivity index is 2.37. The number of hydrogen-bond donors (Lipinski definition) is 1. The number of esters is 1. The number of nitriles is 1. The number of nitrogens with zero attached hydrogens (tertiary/aromatic N) is 2. The summed E-state index contributed by atoms with van der Waals surface area (Å²) in [5, 5.41) is 9.86. The van der Waals surface area contributed by atoms with E-state index in [-0.39, 0.29) is 35.9 Å². The van der Waals surface area contributed by atoms with Crippen molar-refractivity contribution in [2.24, 2.45) is 5.73 Å². The minimum Gasteiger partial charge on any atom is -0.458 e. The van der Waals surface area contributed by atoms with Gasteiger partial charge in [-0.2, -0.15) is 5.26 Å². The molecule has 2 aliphatic rings. The van der Waals surface area contributed by atoms with Crippen LogP contribution in [0.2, 0.25) is 0 Å². The lowest BCUT2D eigenvalue weighted by Crippen LogP contribution is -2.48. The lowest BCUT2D eigenvalue weighted by Gasteiger charge is -2.34. The molecule has 1 spiro atoms. The number of ether oxygens (including phenoxy) is 2.